The van der Waals surface area contributed by atoms with Crippen molar-refractivity contribution in [1.82, 2.24) is 0 Å². The van der Waals surface area contributed by atoms with Gasteiger partial charge in [-0.1, -0.05) is 144 Å². The summed E-state index contributed by atoms with van der Waals surface area (Å²) in [6.07, 6.45) is 12.6. The lowest BCUT2D eigenvalue weighted by Crippen LogP contribution is -2.42. The van der Waals surface area contributed by atoms with E-state index >= 15 is 0 Å². The number of nitrogens with two attached hydrogens (primary N) is 6. The maximum Gasteiger partial charge on any atom is 0.389 e. The lowest BCUT2D eigenvalue weighted by Gasteiger charge is -2.44. The van der Waals surface area contributed by atoms with E-state index in [2.05, 4.69) is 81.9 Å². The minimum atomic E-state index is -4.30. The fourth-order valence-corrected chi connectivity index (χ4v) is 8.29. The fourth-order valence-electron chi connectivity index (χ4n) is 8.29. The molecule has 448 valence electrons. The van der Waals surface area contributed by atoms with Gasteiger partial charge in [-0.25, -0.2) is 0 Å². The average Bonchev–Trinajstić information content (AvgIpc) is 4.10. The summed E-state index contributed by atoms with van der Waals surface area (Å²) in [6.45, 7) is 35.8. The topological polar surface area (TPSA) is 293 Å². The molecule has 0 heterocycles. The molecule has 0 aromatic carbocycles. The van der Waals surface area contributed by atoms with Crippen LogP contribution >= 0.6 is 0 Å². The lowest BCUT2D eigenvalue weighted by atomic mass is 9.59. The average molecular weight is 1090 g/mol. The second-order valence-electron chi connectivity index (χ2n) is 24.7. The molecule has 6 atom stereocenters. The van der Waals surface area contributed by atoms with Crippen LogP contribution in [0.25, 0.3) is 0 Å². The molecule has 4 aliphatic carbocycles. The molecule has 12 N–H and O–H groups in total. The van der Waals surface area contributed by atoms with Crippen LogP contribution in [0.5, 0.6) is 0 Å². The van der Waals surface area contributed by atoms with Crippen molar-refractivity contribution in [2.45, 2.75) is 246 Å². The largest absolute Gasteiger partial charge is 0.389 e. The number of rotatable bonds is 22. The third-order valence-electron chi connectivity index (χ3n) is 14.8. The van der Waals surface area contributed by atoms with Gasteiger partial charge in [0.1, 0.15) is 11.6 Å². The number of carbonyl (C=O) groups is 8. The van der Waals surface area contributed by atoms with Crippen molar-refractivity contribution in [1.29, 1.82) is 0 Å². The van der Waals surface area contributed by atoms with Crippen LogP contribution in [0.4, 0.5) is 13.2 Å². The van der Waals surface area contributed by atoms with Crippen LogP contribution in [0.3, 0.4) is 0 Å². The molecular weight excluding hydrogens is 978 g/mol. The third-order valence-corrected chi connectivity index (χ3v) is 14.8. The number of Topliss-reactive ketones (excluding diaryl/α,β-unsaturated/α-hetero) is 2. The Morgan fingerprint density at radius 3 is 0.987 bits per heavy atom. The fraction of sp³-hybridized carbons (Fsp3) is 0.864. The number of primary amides is 6. The number of amides is 6. The van der Waals surface area contributed by atoms with Gasteiger partial charge < -0.3 is 34.4 Å². The van der Waals surface area contributed by atoms with Gasteiger partial charge in [0, 0.05) is 59.2 Å². The minimum absolute atomic E-state index is 0.000000000000000222. The van der Waals surface area contributed by atoms with Crippen LogP contribution < -0.4 is 34.4 Å². The van der Waals surface area contributed by atoms with Crippen molar-refractivity contribution in [3.63, 3.8) is 0 Å². The van der Waals surface area contributed by atoms with E-state index in [9.17, 15) is 51.5 Å². The zero-order valence-corrected chi connectivity index (χ0v) is 50.9. The predicted molar refractivity (Wildman–Crippen MR) is 302 cm³/mol. The summed E-state index contributed by atoms with van der Waals surface area (Å²) in [5, 5.41) is 0. The molecule has 0 bridgehead atoms. The van der Waals surface area contributed by atoms with Gasteiger partial charge in [0.15, 0.2) is 0 Å². The smallest absolute Gasteiger partial charge is 0.369 e. The highest BCUT2D eigenvalue weighted by Gasteiger charge is 2.50. The highest BCUT2D eigenvalue weighted by molar-refractivity contribution is 5.87. The van der Waals surface area contributed by atoms with Crippen molar-refractivity contribution in [3.05, 3.63) is 0 Å². The maximum absolute atomic E-state index is 11.8. The van der Waals surface area contributed by atoms with Gasteiger partial charge >= 0.3 is 6.18 Å². The van der Waals surface area contributed by atoms with Crippen LogP contribution in [0.2, 0.25) is 0 Å². The highest BCUT2D eigenvalue weighted by Crippen LogP contribution is 2.53. The predicted octanol–water partition coefficient (Wildman–Crippen LogP) is 11.7. The van der Waals surface area contributed by atoms with Crippen molar-refractivity contribution in [2.75, 3.05) is 0 Å². The van der Waals surface area contributed by atoms with E-state index in [0.29, 0.717) is 35.2 Å². The Hall–Kier alpha value is -4.05. The Balaban J connectivity index is -0.000000392. The van der Waals surface area contributed by atoms with Crippen molar-refractivity contribution >= 4 is 47.0 Å². The van der Waals surface area contributed by atoms with E-state index in [0.717, 1.165) is 89.9 Å². The van der Waals surface area contributed by atoms with E-state index in [4.69, 9.17) is 28.7 Å². The third kappa shape index (κ3) is 38.5. The molecule has 0 aliphatic heterocycles. The highest BCUT2D eigenvalue weighted by atomic mass is 19.4. The first-order chi connectivity index (χ1) is 34.5. The first-order valence-electron chi connectivity index (χ1n) is 28.4. The molecule has 4 rings (SSSR count). The molecule has 0 spiro atoms. The van der Waals surface area contributed by atoms with E-state index in [-0.39, 0.29) is 75.4 Å². The summed E-state index contributed by atoms with van der Waals surface area (Å²) in [5.41, 5.74) is 30.2. The summed E-state index contributed by atoms with van der Waals surface area (Å²) in [5.74, 6) is 1.48. The summed E-state index contributed by atoms with van der Waals surface area (Å²) in [7, 11) is 0. The van der Waals surface area contributed by atoms with Crippen LogP contribution in [0.15, 0.2) is 0 Å². The second-order valence-corrected chi connectivity index (χ2v) is 24.7. The van der Waals surface area contributed by atoms with Gasteiger partial charge in [0.25, 0.3) is 0 Å². The Morgan fingerprint density at radius 2 is 0.842 bits per heavy atom. The molecule has 0 aromatic rings. The first kappa shape index (κ1) is 78.4. The van der Waals surface area contributed by atoms with Gasteiger partial charge in [-0.15, -0.1) is 0 Å². The number of hydrogen-bond donors (Lipinski definition) is 6. The standard InChI is InChI=1S/C11H20O.C10H18O.C8H17NO.C7H13NO.C7H15NO.C6H11NO.C5H8F3NO.C5H11NO/c1-4-6-10(12)11(9(2)3)7-5-8-11;1-4-5-9(11)10(6-7-10)8(2)3;1-6(7(9)10)5-8(2,3)4;1-5(7(8)9)4-6-2-3-6;1-5(2)4-6(3)7(8)9;1-4(6(7)8)5-2-3-5;1-3(4(9)10)2-5(6,7)8;1-3-4(2)5(6)7/h9H,4-8H2,1-3H3;8H,4-7H2,1-3H3;6H,5H2,1-4H3,(H2,9,10);5-6H,2-4H2,1H3,(H2,8,9);5-6H,4H2,1-3H3,(H2,8,9);4-5H,2-3H2,1H3,(H2,7,8);3H,2H2,1H3,(H2,9,10);4H,3H2,1-2H3,(H2,6,7)/t;;6-;5-;6-;4-;3-;4-/m..111111/s1. The van der Waals surface area contributed by atoms with E-state index in [1.807, 2.05) is 41.5 Å². The molecule has 4 aliphatic rings. The zero-order valence-electron chi connectivity index (χ0n) is 50.9. The molecule has 4 saturated carbocycles. The molecule has 0 radical (unpaired) electrons. The minimum Gasteiger partial charge on any atom is -0.369 e. The molecule has 6 amide bonds. The van der Waals surface area contributed by atoms with Crippen molar-refractivity contribution < 1.29 is 51.5 Å². The van der Waals surface area contributed by atoms with Gasteiger partial charge in [0.2, 0.25) is 35.4 Å². The van der Waals surface area contributed by atoms with Crippen LogP contribution in [0.1, 0.15) is 240 Å². The van der Waals surface area contributed by atoms with Crippen LogP contribution in [-0.2, 0) is 38.4 Å². The van der Waals surface area contributed by atoms with E-state index in [1.165, 1.54) is 32.1 Å². The molecule has 14 nitrogen and oxygen atoms in total. The number of alkyl halides is 3. The summed E-state index contributed by atoms with van der Waals surface area (Å²) < 4.78 is 34.4. The monoisotopic (exact) mass is 1090 g/mol. The molecular formula is C59H113F3N6O8. The first-order valence-corrected chi connectivity index (χ1v) is 28.4. The number of halogens is 3. The summed E-state index contributed by atoms with van der Waals surface area (Å²) in [4.78, 5) is 85.6. The molecule has 76 heavy (non-hydrogen) atoms. The Labute approximate surface area is 459 Å². The summed E-state index contributed by atoms with van der Waals surface area (Å²) >= 11 is 0. The van der Waals surface area contributed by atoms with E-state index in [1.54, 1.807) is 0 Å². The number of ketones is 2. The van der Waals surface area contributed by atoms with Crippen LogP contribution in [0, 0.1) is 81.3 Å². The second kappa shape index (κ2) is 38.5. The van der Waals surface area contributed by atoms with Crippen molar-refractivity contribution in [2.24, 2.45) is 116 Å². The lowest BCUT2D eigenvalue weighted by molar-refractivity contribution is -0.151. The van der Waals surface area contributed by atoms with Gasteiger partial charge in [-0.05, 0) is 112 Å². The molecule has 0 unspecified atom stereocenters. The molecule has 0 aromatic heterocycles. The van der Waals surface area contributed by atoms with Crippen LogP contribution in [-0.4, -0.2) is 53.2 Å². The molecule has 4 fully saturated rings. The molecule has 17 heteroatoms. The van der Waals surface area contributed by atoms with Gasteiger partial charge in [-0.2, -0.15) is 13.2 Å². The maximum atomic E-state index is 11.8. The van der Waals surface area contributed by atoms with Gasteiger partial charge in [-0.3, -0.25) is 38.4 Å². The quantitative estimate of drug-likeness (QED) is 0.0604. The Bertz CT molecular complexity index is 1660. The SMILES string of the molecule is CC(C)C[C@@H](C)C(N)=O.CCCC(=O)C1(C(C)C)CC1.CCCC(=O)C1(C(C)C)CCC1.CC[C@@H](C)C(N)=O.C[C@@H](C(N)=O)C1CC1.C[C@H](CC(C)(C)C)C(N)=O.C[C@H](CC(F)(F)F)C(N)=O.C[C@H](CC1CC1)C(N)=O. The number of carbonyl (C=O) groups excluding carboxylic acids is 8. The van der Waals surface area contributed by atoms with Gasteiger partial charge in [0.05, 0.1) is 6.42 Å². The van der Waals surface area contributed by atoms with Crippen molar-refractivity contribution in [3.8, 4) is 0 Å². The normalized spacial score (nSPS) is 17.9. The Kier molecular flexibility index (Phi) is 39.7. The molecule has 0 saturated heterocycles. The summed E-state index contributed by atoms with van der Waals surface area (Å²) in [6, 6.07) is 0. The number of hydrogen-bond acceptors (Lipinski definition) is 8. The zero-order chi connectivity index (χ0) is 60.7. The Morgan fingerprint density at radius 1 is 0.487 bits per heavy atom. The van der Waals surface area contributed by atoms with E-state index < -0.39 is 24.4 Å².